The zero-order chi connectivity index (χ0) is 13.6. The van der Waals surface area contributed by atoms with Gasteiger partial charge < -0.3 is 5.32 Å². The quantitative estimate of drug-likeness (QED) is 0.900. The molecule has 0 aliphatic carbocycles. The molecule has 2 heterocycles. The highest BCUT2D eigenvalue weighted by Gasteiger charge is 2.22. The van der Waals surface area contributed by atoms with Crippen molar-refractivity contribution in [3.8, 4) is 0 Å². The van der Waals surface area contributed by atoms with E-state index < -0.39 is 0 Å². The molecule has 1 aromatic carbocycles. The highest BCUT2D eigenvalue weighted by molar-refractivity contribution is 5.40. The number of hydrogen-bond donors (Lipinski definition) is 1. The predicted octanol–water partition coefficient (Wildman–Crippen LogP) is 3.33. The summed E-state index contributed by atoms with van der Waals surface area (Å²) in [6.45, 7) is 3.33. The lowest BCUT2D eigenvalue weighted by Gasteiger charge is -2.28. The summed E-state index contributed by atoms with van der Waals surface area (Å²) in [5.41, 5.74) is 2.48. The van der Waals surface area contributed by atoms with Crippen LogP contribution in [-0.4, -0.2) is 29.5 Å². The molecule has 0 bridgehead atoms. The van der Waals surface area contributed by atoms with Gasteiger partial charge in [0.15, 0.2) is 0 Å². The lowest BCUT2D eigenvalue weighted by atomic mass is 10.1. The van der Waals surface area contributed by atoms with Crippen LogP contribution in [0.15, 0.2) is 54.9 Å². The topological polar surface area (TPSA) is 28.2 Å². The van der Waals surface area contributed by atoms with Crippen LogP contribution in [0.2, 0.25) is 0 Å². The fourth-order valence-corrected chi connectivity index (χ4v) is 2.87. The zero-order valence-electron chi connectivity index (χ0n) is 11.7. The second-order valence-electron chi connectivity index (χ2n) is 5.29. The van der Waals surface area contributed by atoms with E-state index in [1.54, 1.807) is 6.20 Å². The third kappa shape index (κ3) is 3.17. The zero-order valence-corrected chi connectivity index (χ0v) is 11.7. The van der Waals surface area contributed by atoms with Crippen LogP contribution in [0.4, 0.5) is 5.69 Å². The Morgan fingerprint density at radius 3 is 2.55 bits per heavy atom. The third-order valence-electron chi connectivity index (χ3n) is 3.93. The molecule has 1 aliphatic rings. The van der Waals surface area contributed by atoms with Gasteiger partial charge in [-0.2, -0.15) is 0 Å². The molecule has 1 unspecified atom stereocenters. The minimum absolute atomic E-state index is 0.443. The van der Waals surface area contributed by atoms with Crippen LogP contribution in [0.5, 0.6) is 0 Å². The Hall–Kier alpha value is -1.87. The molecule has 2 aromatic rings. The average Bonchev–Trinajstić information content (AvgIpc) is 3.04. The van der Waals surface area contributed by atoms with Gasteiger partial charge in [-0.3, -0.25) is 9.88 Å². The summed E-state index contributed by atoms with van der Waals surface area (Å²) < 4.78 is 0. The first-order valence-electron chi connectivity index (χ1n) is 7.36. The number of aromatic nitrogens is 1. The van der Waals surface area contributed by atoms with Crippen LogP contribution in [0.3, 0.4) is 0 Å². The molecule has 1 atom stereocenters. The van der Waals surface area contributed by atoms with Crippen LogP contribution in [-0.2, 0) is 0 Å². The Labute approximate surface area is 120 Å². The molecule has 3 nitrogen and oxygen atoms in total. The van der Waals surface area contributed by atoms with Crippen LogP contribution in [0, 0.1) is 0 Å². The number of rotatable bonds is 5. The molecular formula is C17H21N3. The van der Waals surface area contributed by atoms with E-state index in [2.05, 4.69) is 51.6 Å². The lowest BCUT2D eigenvalue weighted by Crippen LogP contribution is -2.31. The molecule has 3 rings (SSSR count). The van der Waals surface area contributed by atoms with E-state index >= 15 is 0 Å². The molecule has 104 valence electrons. The normalized spacial score (nSPS) is 17.0. The van der Waals surface area contributed by atoms with E-state index in [9.17, 15) is 0 Å². The van der Waals surface area contributed by atoms with Crippen LogP contribution < -0.4 is 5.32 Å². The van der Waals surface area contributed by atoms with Crippen molar-refractivity contribution in [3.63, 3.8) is 0 Å². The molecule has 1 aliphatic heterocycles. The molecule has 1 N–H and O–H groups in total. The summed E-state index contributed by atoms with van der Waals surface area (Å²) in [7, 11) is 0. The van der Waals surface area contributed by atoms with Crippen LogP contribution >= 0.6 is 0 Å². The van der Waals surface area contributed by atoms with Gasteiger partial charge in [0.2, 0.25) is 0 Å². The van der Waals surface area contributed by atoms with Gasteiger partial charge in [0.05, 0.1) is 11.7 Å². The Balaban J connectivity index is 1.72. The predicted molar refractivity (Wildman–Crippen MR) is 82.7 cm³/mol. The van der Waals surface area contributed by atoms with Gasteiger partial charge in [-0.15, -0.1) is 0 Å². The molecule has 3 heteroatoms. The number of likely N-dealkylation sites (tertiary alicyclic amines) is 1. The molecular weight excluding hydrogens is 246 g/mol. The molecule has 0 saturated carbocycles. The summed E-state index contributed by atoms with van der Waals surface area (Å²) in [5.74, 6) is 0. The van der Waals surface area contributed by atoms with E-state index in [0.717, 1.165) is 12.2 Å². The molecule has 20 heavy (non-hydrogen) atoms. The van der Waals surface area contributed by atoms with Crippen molar-refractivity contribution < 1.29 is 0 Å². The van der Waals surface area contributed by atoms with E-state index in [0.29, 0.717) is 6.04 Å². The number of benzene rings is 1. The SMILES string of the molecule is c1ccc(C(CNc2cccnc2)N2CCCC2)cc1. The van der Waals surface area contributed by atoms with Gasteiger partial charge in [0.25, 0.3) is 0 Å². The molecule has 1 fully saturated rings. The van der Waals surface area contributed by atoms with Crippen molar-refractivity contribution >= 4 is 5.69 Å². The van der Waals surface area contributed by atoms with Gasteiger partial charge in [-0.25, -0.2) is 0 Å². The number of nitrogens with one attached hydrogen (secondary N) is 1. The lowest BCUT2D eigenvalue weighted by molar-refractivity contribution is 0.256. The summed E-state index contributed by atoms with van der Waals surface area (Å²) in [6.07, 6.45) is 6.32. The standard InChI is InChI=1S/C17H21N3/c1-2-7-15(8-3-1)17(20-11-4-5-12-20)14-19-16-9-6-10-18-13-16/h1-3,6-10,13,17,19H,4-5,11-12,14H2. The highest BCUT2D eigenvalue weighted by atomic mass is 15.2. The number of anilines is 1. The second-order valence-corrected chi connectivity index (χ2v) is 5.29. The first-order valence-corrected chi connectivity index (χ1v) is 7.36. The van der Waals surface area contributed by atoms with Crippen molar-refractivity contribution in [1.82, 2.24) is 9.88 Å². The minimum atomic E-state index is 0.443. The Morgan fingerprint density at radius 1 is 1.05 bits per heavy atom. The number of pyridine rings is 1. The number of hydrogen-bond acceptors (Lipinski definition) is 3. The Morgan fingerprint density at radius 2 is 1.85 bits per heavy atom. The summed E-state index contributed by atoms with van der Waals surface area (Å²) in [5, 5.41) is 3.52. The average molecular weight is 267 g/mol. The van der Waals surface area contributed by atoms with Gasteiger partial charge in [-0.1, -0.05) is 30.3 Å². The maximum atomic E-state index is 4.16. The fraction of sp³-hybridized carbons (Fsp3) is 0.353. The monoisotopic (exact) mass is 267 g/mol. The van der Waals surface area contributed by atoms with E-state index in [4.69, 9.17) is 0 Å². The third-order valence-corrected chi connectivity index (χ3v) is 3.93. The smallest absolute Gasteiger partial charge is 0.0527 e. The van der Waals surface area contributed by atoms with Crippen molar-refractivity contribution in [3.05, 3.63) is 60.4 Å². The van der Waals surface area contributed by atoms with Crippen LogP contribution in [0.1, 0.15) is 24.4 Å². The number of nitrogens with zero attached hydrogens (tertiary/aromatic N) is 2. The van der Waals surface area contributed by atoms with E-state index in [1.165, 1.54) is 31.5 Å². The maximum Gasteiger partial charge on any atom is 0.0527 e. The fourth-order valence-electron chi connectivity index (χ4n) is 2.87. The highest BCUT2D eigenvalue weighted by Crippen LogP contribution is 2.25. The van der Waals surface area contributed by atoms with E-state index in [1.807, 2.05) is 12.3 Å². The van der Waals surface area contributed by atoms with Gasteiger partial charge in [0.1, 0.15) is 0 Å². The van der Waals surface area contributed by atoms with Crippen molar-refractivity contribution in [2.24, 2.45) is 0 Å². The van der Waals surface area contributed by atoms with E-state index in [-0.39, 0.29) is 0 Å². The minimum Gasteiger partial charge on any atom is -0.382 e. The van der Waals surface area contributed by atoms with Crippen molar-refractivity contribution in [2.45, 2.75) is 18.9 Å². The van der Waals surface area contributed by atoms with Gasteiger partial charge >= 0.3 is 0 Å². The largest absolute Gasteiger partial charge is 0.382 e. The molecule has 1 saturated heterocycles. The summed E-state index contributed by atoms with van der Waals surface area (Å²) >= 11 is 0. The maximum absolute atomic E-state index is 4.16. The van der Waals surface area contributed by atoms with Crippen molar-refractivity contribution in [1.29, 1.82) is 0 Å². The molecule has 0 radical (unpaired) electrons. The van der Waals surface area contributed by atoms with Crippen molar-refractivity contribution in [2.75, 3.05) is 25.0 Å². The Bertz CT molecular complexity index is 506. The van der Waals surface area contributed by atoms with Gasteiger partial charge in [-0.05, 0) is 43.6 Å². The first kappa shape index (κ1) is 13.1. The summed E-state index contributed by atoms with van der Waals surface area (Å²) in [6, 6.07) is 15.3. The summed E-state index contributed by atoms with van der Waals surface area (Å²) in [4.78, 5) is 6.74. The van der Waals surface area contributed by atoms with Crippen LogP contribution in [0.25, 0.3) is 0 Å². The van der Waals surface area contributed by atoms with Gasteiger partial charge in [0, 0.05) is 18.9 Å². The Kier molecular flexibility index (Phi) is 4.28. The molecule has 1 aromatic heterocycles. The molecule has 0 spiro atoms. The first-order chi connectivity index (χ1) is 9.93. The molecule has 0 amide bonds. The second kappa shape index (κ2) is 6.53.